The monoisotopic (exact) mass is 247 g/mol. The molecule has 0 unspecified atom stereocenters. The van der Waals surface area contributed by atoms with E-state index in [1.807, 2.05) is 6.07 Å². The first-order valence-corrected chi connectivity index (χ1v) is 6.62. The average Bonchev–Trinajstić information content (AvgIpc) is 2.72. The lowest BCUT2D eigenvalue weighted by Gasteiger charge is -2.25. The van der Waals surface area contributed by atoms with Gasteiger partial charge >= 0.3 is 0 Å². The molecule has 0 fully saturated rings. The summed E-state index contributed by atoms with van der Waals surface area (Å²) in [7, 11) is 0. The summed E-state index contributed by atoms with van der Waals surface area (Å²) in [4.78, 5) is 13.8. The summed E-state index contributed by atoms with van der Waals surface area (Å²) in [5.41, 5.74) is 9.62. The Labute approximate surface area is 108 Å². The van der Waals surface area contributed by atoms with Crippen LogP contribution in [0.5, 0.6) is 0 Å². The maximum Gasteiger partial charge on any atom is 0.251 e. The van der Waals surface area contributed by atoms with Crippen LogP contribution in [0.25, 0.3) is 0 Å². The molecule has 0 spiro atoms. The molecule has 4 heteroatoms. The molecule has 1 aromatic rings. The van der Waals surface area contributed by atoms with Gasteiger partial charge in [-0.05, 0) is 31.0 Å². The van der Waals surface area contributed by atoms with Crippen molar-refractivity contribution in [2.24, 2.45) is 0 Å². The predicted octanol–water partition coefficient (Wildman–Crippen LogP) is 2.14. The quantitative estimate of drug-likeness (QED) is 0.784. The Balaban J connectivity index is 2.30. The number of nitrogens with one attached hydrogen (secondary N) is 1. The zero-order chi connectivity index (χ0) is 13.1. The van der Waals surface area contributed by atoms with Gasteiger partial charge in [0.15, 0.2) is 0 Å². The van der Waals surface area contributed by atoms with Crippen LogP contribution >= 0.6 is 0 Å². The number of amides is 1. The van der Waals surface area contributed by atoms with Crippen molar-refractivity contribution in [3.8, 4) is 0 Å². The van der Waals surface area contributed by atoms with Crippen molar-refractivity contribution < 1.29 is 4.79 Å². The first-order valence-electron chi connectivity index (χ1n) is 6.62. The molecule has 0 saturated heterocycles. The van der Waals surface area contributed by atoms with Crippen molar-refractivity contribution in [1.82, 2.24) is 5.32 Å². The van der Waals surface area contributed by atoms with Crippen LogP contribution < -0.4 is 16.0 Å². The number of hydrogen-bond donors (Lipinski definition) is 2. The third kappa shape index (κ3) is 2.28. The molecule has 0 aromatic heterocycles. The number of nitrogens with zero attached hydrogens (tertiary/aromatic N) is 1. The van der Waals surface area contributed by atoms with E-state index >= 15 is 0 Å². The molecule has 2 rings (SSSR count). The second-order valence-electron chi connectivity index (χ2n) is 4.68. The minimum atomic E-state index is -0.0140. The number of nitrogens with two attached hydrogens (primary N) is 1. The van der Waals surface area contributed by atoms with Gasteiger partial charge in [-0.15, -0.1) is 0 Å². The average molecular weight is 247 g/mol. The molecule has 0 aliphatic carbocycles. The maximum absolute atomic E-state index is 11.6. The highest BCUT2D eigenvalue weighted by Gasteiger charge is 2.21. The highest BCUT2D eigenvalue weighted by atomic mass is 16.1. The number of nitrogen functional groups attached to an aromatic ring is 1. The van der Waals surface area contributed by atoms with E-state index in [9.17, 15) is 4.79 Å². The van der Waals surface area contributed by atoms with E-state index < -0.39 is 0 Å². The highest BCUT2D eigenvalue weighted by Crippen LogP contribution is 2.29. The Hall–Kier alpha value is -1.71. The van der Waals surface area contributed by atoms with E-state index in [0.717, 1.165) is 36.3 Å². The van der Waals surface area contributed by atoms with Crippen LogP contribution in [0.1, 0.15) is 42.6 Å². The molecule has 1 aliphatic rings. The summed E-state index contributed by atoms with van der Waals surface area (Å²) in [6, 6.07) is 3.86. The number of anilines is 2. The second-order valence-corrected chi connectivity index (χ2v) is 4.68. The minimum Gasteiger partial charge on any atom is -0.397 e. The van der Waals surface area contributed by atoms with Crippen molar-refractivity contribution in [3.05, 3.63) is 23.3 Å². The Bertz CT molecular complexity index is 457. The van der Waals surface area contributed by atoms with Crippen molar-refractivity contribution in [1.29, 1.82) is 0 Å². The predicted molar refractivity (Wildman–Crippen MR) is 74.8 cm³/mol. The van der Waals surface area contributed by atoms with Crippen molar-refractivity contribution in [2.75, 3.05) is 23.7 Å². The van der Waals surface area contributed by atoms with Gasteiger partial charge in [0.25, 0.3) is 5.91 Å². The Morgan fingerprint density at radius 1 is 1.39 bits per heavy atom. The summed E-state index contributed by atoms with van der Waals surface area (Å²) in [6.07, 6.45) is 2.32. The smallest absolute Gasteiger partial charge is 0.251 e. The Morgan fingerprint density at radius 3 is 2.83 bits per heavy atom. The van der Waals surface area contributed by atoms with Crippen LogP contribution in [-0.4, -0.2) is 19.0 Å². The lowest BCUT2D eigenvalue weighted by atomic mass is 10.1. The highest BCUT2D eigenvalue weighted by molar-refractivity contribution is 6.00. The first-order chi connectivity index (χ1) is 8.67. The number of benzene rings is 1. The Kier molecular flexibility index (Phi) is 3.75. The molecule has 0 atom stereocenters. The number of carbonyl (C=O) groups excluding carboxylic acids is 1. The normalized spacial score (nSPS) is 13.3. The van der Waals surface area contributed by atoms with Crippen molar-refractivity contribution in [2.45, 2.75) is 33.2 Å². The molecule has 1 heterocycles. The molecule has 0 bridgehead atoms. The molecule has 0 radical (unpaired) electrons. The zero-order valence-corrected chi connectivity index (χ0v) is 11.1. The third-order valence-corrected chi connectivity index (χ3v) is 3.44. The number of fused-ring (bicyclic) bond motifs is 1. The van der Waals surface area contributed by atoms with Gasteiger partial charge in [0.2, 0.25) is 0 Å². The molecule has 18 heavy (non-hydrogen) atoms. The van der Waals surface area contributed by atoms with Crippen LogP contribution in [0, 0.1) is 0 Å². The molecule has 1 amide bonds. The molecular formula is C14H21N3O. The summed E-state index contributed by atoms with van der Waals surface area (Å²) in [6.45, 7) is 6.88. The van der Waals surface area contributed by atoms with Crippen molar-refractivity contribution >= 4 is 17.3 Å². The van der Waals surface area contributed by atoms with E-state index in [4.69, 9.17) is 5.73 Å². The van der Waals surface area contributed by atoms with Crippen LogP contribution in [0.4, 0.5) is 11.4 Å². The van der Waals surface area contributed by atoms with Crippen LogP contribution in [0.2, 0.25) is 0 Å². The number of rotatable bonds is 5. The molecule has 3 N–H and O–H groups in total. The lowest BCUT2D eigenvalue weighted by molar-refractivity contribution is 0.0966. The van der Waals surface area contributed by atoms with Crippen LogP contribution in [0.3, 0.4) is 0 Å². The molecule has 1 aliphatic heterocycles. The van der Waals surface area contributed by atoms with E-state index in [0.29, 0.717) is 12.2 Å². The fraction of sp³-hybridized carbons (Fsp3) is 0.500. The standard InChI is InChI=1S/C14H21N3O/c1-3-5-6-17(4-2)13-7-10-9-16-14(18)11(10)8-12(13)15/h7-8H,3-6,9,15H2,1-2H3,(H,16,18). The molecule has 4 nitrogen and oxygen atoms in total. The molecular weight excluding hydrogens is 226 g/mol. The summed E-state index contributed by atoms with van der Waals surface area (Å²) in [5, 5.41) is 2.83. The number of carbonyl (C=O) groups is 1. The van der Waals surface area contributed by atoms with Gasteiger partial charge in [0.1, 0.15) is 0 Å². The SMILES string of the molecule is CCCCN(CC)c1cc2c(cc1N)C(=O)NC2. The molecule has 98 valence electrons. The third-order valence-electron chi connectivity index (χ3n) is 3.44. The minimum absolute atomic E-state index is 0.0140. The van der Waals surface area contributed by atoms with E-state index in [2.05, 4.69) is 30.1 Å². The van der Waals surface area contributed by atoms with Crippen LogP contribution in [-0.2, 0) is 6.54 Å². The van der Waals surface area contributed by atoms with Gasteiger partial charge in [-0.3, -0.25) is 4.79 Å². The topological polar surface area (TPSA) is 58.4 Å². The number of hydrogen-bond acceptors (Lipinski definition) is 3. The van der Waals surface area contributed by atoms with E-state index in [1.165, 1.54) is 6.42 Å². The summed E-state index contributed by atoms with van der Waals surface area (Å²) < 4.78 is 0. The van der Waals surface area contributed by atoms with Crippen LogP contribution in [0.15, 0.2) is 12.1 Å². The van der Waals surface area contributed by atoms with E-state index in [1.54, 1.807) is 0 Å². The maximum atomic E-state index is 11.6. The Morgan fingerprint density at radius 2 is 2.17 bits per heavy atom. The molecule has 0 saturated carbocycles. The van der Waals surface area contributed by atoms with Gasteiger partial charge < -0.3 is 16.0 Å². The van der Waals surface area contributed by atoms with Gasteiger partial charge in [-0.25, -0.2) is 0 Å². The second kappa shape index (κ2) is 5.29. The fourth-order valence-corrected chi connectivity index (χ4v) is 2.35. The first kappa shape index (κ1) is 12.7. The zero-order valence-electron chi connectivity index (χ0n) is 11.1. The van der Waals surface area contributed by atoms with Gasteiger partial charge in [0.05, 0.1) is 11.4 Å². The molecule has 1 aromatic carbocycles. The number of unbranched alkanes of at least 4 members (excludes halogenated alkanes) is 1. The van der Waals surface area contributed by atoms with Gasteiger partial charge in [-0.1, -0.05) is 13.3 Å². The summed E-state index contributed by atoms with van der Waals surface area (Å²) >= 11 is 0. The van der Waals surface area contributed by atoms with Gasteiger partial charge in [0, 0.05) is 25.2 Å². The van der Waals surface area contributed by atoms with E-state index in [-0.39, 0.29) is 5.91 Å². The van der Waals surface area contributed by atoms with Gasteiger partial charge in [-0.2, -0.15) is 0 Å². The van der Waals surface area contributed by atoms with Crippen molar-refractivity contribution in [3.63, 3.8) is 0 Å². The fourth-order valence-electron chi connectivity index (χ4n) is 2.35. The lowest BCUT2D eigenvalue weighted by Crippen LogP contribution is -2.25. The largest absolute Gasteiger partial charge is 0.397 e. The summed E-state index contributed by atoms with van der Waals surface area (Å²) in [5.74, 6) is -0.0140.